The van der Waals surface area contributed by atoms with Crippen molar-refractivity contribution in [2.45, 2.75) is 26.6 Å². The van der Waals surface area contributed by atoms with Crippen molar-refractivity contribution in [1.29, 1.82) is 0 Å². The highest BCUT2D eigenvalue weighted by Crippen LogP contribution is 2.38. The first-order valence-corrected chi connectivity index (χ1v) is 9.58. The van der Waals surface area contributed by atoms with E-state index < -0.39 is 23.4 Å². The number of fused-ring (bicyclic) bond motifs is 5. The zero-order valence-electron chi connectivity index (χ0n) is 16.8. The van der Waals surface area contributed by atoms with E-state index in [0.717, 1.165) is 12.1 Å². The molecule has 4 rings (SSSR count). The number of hydrogen-bond donors (Lipinski definition) is 1. The van der Waals surface area contributed by atoms with Crippen LogP contribution in [0.4, 0.5) is 19.0 Å². The van der Waals surface area contributed by atoms with Crippen LogP contribution in [0, 0.1) is 0 Å². The number of para-hydroxylation sites is 1. The number of allylic oxidation sites excluding steroid dienone is 1. The van der Waals surface area contributed by atoms with Gasteiger partial charge in [0.25, 0.3) is 5.91 Å². The normalized spacial score (nSPS) is 14.5. The highest BCUT2D eigenvalue weighted by Gasteiger charge is 2.36. The van der Waals surface area contributed by atoms with Crippen LogP contribution in [0.1, 0.15) is 29.8 Å². The Morgan fingerprint density at radius 2 is 1.87 bits per heavy atom. The first kappa shape index (κ1) is 22.0. The first-order valence-electron chi connectivity index (χ1n) is 9.58. The van der Waals surface area contributed by atoms with Gasteiger partial charge in [0, 0.05) is 6.54 Å². The van der Waals surface area contributed by atoms with E-state index in [9.17, 15) is 18.0 Å². The second-order valence-electron chi connectivity index (χ2n) is 6.13. The molecule has 1 aliphatic heterocycles. The van der Waals surface area contributed by atoms with Crippen LogP contribution in [0.2, 0.25) is 0 Å². The highest BCUT2D eigenvalue weighted by molar-refractivity contribution is 6.06. The van der Waals surface area contributed by atoms with Crippen LogP contribution in [-0.2, 0) is 12.7 Å². The second-order valence-corrected chi connectivity index (χ2v) is 6.13. The Morgan fingerprint density at radius 1 is 1.10 bits per heavy atom. The zero-order chi connectivity index (χ0) is 22.4. The molecule has 3 aromatic rings. The molecule has 1 N–H and O–H groups in total. The van der Waals surface area contributed by atoms with Crippen LogP contribution in [-0.4, -0.2) is 32.3 Å². The summed E-state index contributed by atoms with van der Waals surface area (Å²) in [5.74, 6) is -0.639. The van der Waals surface area contributed by atoms with Gasteiger partial charge in [-0.15, -0.1) is 10.2 Å². The largest absolute Gasteiger partial charge is 0.488 e. The molecule has 0 radical (unpaired) electrons. The maximum atomic E-state index is 13.4. The van der Waals surface area contributed by atoms with Crippen LogP contribution in [0.3, 0.4) is 0 Å². The lowest BCUT2D eigenvalue weighted by Gasteiger charge is -2.17. The summed E-state index contributed by atoms with van der Waals surface area (Å²) in [6.45, 7) is 4.23. The van der Waals surface area contributed by atoms with Gasteiger partial charge in [-0.05, 0) is 30.3 Å². The Hall–Kier alpha value is -3.69. The molecule has 1 amide bonds. The number of rotatable bonds is 0. The van der Waals surface area contributed by atoms with Gasteiger partial charge in [-0.1, -0.05) is 32.1 Å². The third kappa shape index (κ3) is 4.90. The molecule has 0 atom stereocenters. The average Bonchev–Trinajstić information content (AvgIpc) is 3.22. The summed E-state index contributed by atoms with van der Waals surface area (Å²) in [7, 11) is 0. The monoisotopic (exact) mass is 431 g/mol. The van der Waals surface area contributed by atoms with Gasteiger partial charge in [-0.2, -0.15) is 13.2 Å². The molecule has 7 nitrogen and oxygen atoms in total. The number of anilines is 1. The SMILES string of the molecule is CC.O=C1Nc2cccc(n2)-c2nncn2C/C=C/COc2c1cccc2C(F)(F)F. The molecule has 10 heteroatoms. The van der Waals surface area contributed by atoms with Gasteiger partial charge >= 0.3 is 6.18 Å². The van der Waals surface area contributed by atoms with Crippen LogP contribution in [0.5, 0.6) is 5.75 Å². The molecule has 1 aromatic carbocycles. The molecule has 31 heavy (non-hydrogen) atoms. The van der Waals surface area contributed by atoms with E-state index in [0.29, 0.717) is 18.1 Å². The number of nitrogens with zero attached hydrogens (tertiary/aromatic N) is 4. The standard InChI is InChI=1S/C19H14F3N5O2.C2H6/c20-19(21,22)13-6-3-5-12-16(13)29-10-2-1-9-27-11-23-26-17(27)14-7-4-8-15(24-14)25-18(12)28;1-2/h1-8,11H,9-10H2,(H,24,25,28);1-2H3/b2-1+;. The molecular formula is C21H20F3N5O2. The minimum absolute atomic E-state index is 0.144. The molecule has 0 aliphatic carbocycles. The first-order chi connectivity index (χ1) is 14.9. The number of carbonyl (C=O) groups excluding carboxylic acids is 1. The quantitative estimate of drug-likeness (QED) is 0.527. The molecule has 3 heterocycles. The summed E-state index contributed by atoms with van der Waals surface area (Å²) in [5.41, 5.74) is -0.791. The van der Waals surface area contributed by atoms with Gasteiger partial charge in [0.15, 0.2) is 5.82 Å². The van der Waals surface area contributed by atoms with Crippen molar-refractivity contribution in [3.8, 4) is 17.3 Å². The zero-order valence-corrected chi connectivity index (χ0v) is 16.8. The number of halogens is 3. The lowest BCUT2D eigenvalue weighted by atomic mass is 10.1. The summed E-state index contributed by atoms with van der Waals surface area (Å²) in [5, 5.41) is 10.4. The number of pyridine rings is 1. The van der Waals surface area contributed by atoms with E-state index in [1.54, 1.807) is 28.9 Å². The molecule has 0 unspecified atom stereocenters. The van der Waals surface area contributed by atoms with Gasteiger partial charge in [0.05, 0.1) is 11.1 Å². The summed E-state index contributed by atoms with van der Waals surface area (Å²) in [6, 6.07) is 8.20. The van der Waals surface area contributed by atoms with Crippen molar-refractivity contribution in [3.63, 3.8) is 0 Å². The minimum Gasteiger partial charge on any atom is -0.488 e. The van der Waals surface area contributed by atoms with Crippen LogP contribution >= 0.6 is 0 Å². The van der Waals surface area contributed by atoms with E-state index in [1.165, 1.54) is 18.5 Å². The third-order valence-electron chi connectivity index (χ3n) is 4.19. The van der Waals surface area contributed by atoms with E-state index >= 15 is 0 Å². The number of carbonyl (C=O) groups is 1. The van der Waals surface area contributed by atoms with Crippen molar-refractivity contribution in [2.24, 2.45) is 0 Å². The molecule has 0 spiro atoms. The van der Waals surface area contributed by atoms with Crippen LogP contribution in [0.25, 0.3) is 11.5 Å². The summed E-state index contributed by atoms with van der Waals surface area (Å²) < 4.78 is 47.4. The minimum atomic E-state index is -4.67. The molecule has 1 aliphatic rings. The van der Waals surface area contributed by atoms with Gasteiger partial charge in [-0.25, -0.2) is 4.98 Å². The molecule has 0 saturated heterocycles. The van der Waals surface area contributed by atoms with Crippen LogP contribution in [0.15, 0.2) is 54.9 Å². The Kier molecular flexibility index (Phi) is 6.68. The fourth-order valence-corrected chi connectivity index (χ4v) is 2.88. The van der Waals surface area contributed by atoms with Crippen molar-refractivity contribution >= 4 is 11.7 Å². The van der Waals surface area contributed by atoms with E-state index in [-0.39, 0.29) is 18.0 Å². The Balaban J connectivity index is 0.00000132. The van der Waals surface area contributed by atoms with E-state index in [1.807, 2.05) is 13.8 Å². The Labute approximate surface area is 176 Å². The van der Waals surface area contributed by atoms with Gasteiger partial charge in [0.2, 0.25) is 0 Å². The maximum Gasteiger partial charge on any atom is 0.419 e. The topological polar surface area (TPSA) is 81.9 Å². The lowest BCUT2D eigenvalue weighted by molar-refractivity contribution is -0.138. The summed E-state index contributed by atoms with van der Waals surface area (Å²) in [6.07, 6.45) is 0.110. The molecule has 2 aromatic heterocycles. The van der Waals surface area contributed by atoms with Crippen molar-refractivity contribution in [2.75, 3.05) is 11.9 Å². The van der Waals surface area contributed by atoms with Gasteiger partial charge in [-0.3, -0.25) is 4.79 Å². The van der Waals surface area contributed by atoms with E-state index in [2.05, 4.69) is 20.5 Å². The smallest absolute Gasteiger partial charge is 0.419 e. The molecule has 2 bridgehead atoms. The molecular weight excluding hydrogens is 411 g/mol. The molecule has 0 fully saturated rings. The second kappa shape index (κ2) is 9.41. The van der Waals surface area contributed by atoms with Crippen molar-refractivity contribution in [1.82, 2.24) is 19.7 Å². The number of nitrogens with one attached hydrogen (secondary N) is 1. The summed E-state index contributed by atoms with van der Waals surface area (Å²) in [4.78, 5) is 17.0. The maximum absolute atomic E-state index is 13.4. The average molecular weight is 431 g/mol. The number of benzene rings is 1. The highest BCUT2D eigenvalue weighted by atomic mass is 19.4. The van der Waals surface area contributed by atoms with Crippen molar-refractivity contribution in [3.05, 3.63) is 66.0 Å². The van der Waals surface area contributed by atoms with E-state index in [4.69, 9.17) is 4.74 Å². The number of ether oxygens (including phenoxy) is 1. The van der Waals surface area contributed by atoms with Crippen molar-refractivity contribution < 1.29 is 22.7 Å². The molecule has 0 saturated carbocycles. The Bertz CT molecular complexity index is 1090. The predicted molar refractivity (Wildman–Crippen MR) is 109 cm³/mol. The number of hydrogen-bond acceptors (Lipinski definition) is 5. The van der Waals surface area contributed by atoms with Gasteiger partial charge in [0.1, 0.15) is 30.2 Å². The number of aromatic nitrogens is 4. The third-order valence-corrected chi connectivity index (χ3v) is 4.19. The van der Waals surface area contributed by atoms with Crippen LogP contribution < -0.4 is 10.1 Å². The summed E-state index contributed by atoms with van der Waals surface area (Å²) >= 11 is 0. The van der Waals surface area contributed by atoms with Gasteiger partial charge < -0.3 is 14.6 Å². The number of amides is 1. The molecule has 162 valence electrons. The predicted octanol–water partition coefficient (Wildman–Crippen LogP) is 4.59. The fourth-order valence-electron chi connectivity index (χ4n) is 2.88. The number of alkyl halides is 3. The fraction of sp³-hybridized carbons (Fsp3) is 0.238. The Morgan fingerprint density at radius 3 is 2.65 bits per heavy atom. The lowest BCUT2D eigenvalue weighted by Crippen LogP contribution is -2.18.